The molecule has 1 aromatic rings. The number of amides is 1. The van der Waals surface area contributed by atoms with Gasteiger partial charge in [-0.2, -0.15) is 0 Å². The molecule has 2 N–H and O–H groups in total. The van der Waals surface area contributed by atoms with Crippen LogP contribution in [0.4, 0.5) is 4.39 Å². The minimum absolute atomic E-state index is 0.0468. The van der Waals surface area contributed by atoms with Gasteiger partial charge in [0.05, 0.1) is 0 Å². The Hall–Kier alpha value is -1.62. The molecule has 0 saturated carbocycles. The lowest BCUT2D eigenvalue weighted by atomic mass is 10.1. The monoisotopic (exact) mass is 280 g/mol. The van der Waals surface area contributed by atoms with Gasteiger partial charge in [-0.15, -0.1) is 0 Å². The largest absolute Gasteiger partial charge is 0.508 e. The van der Waals surface area contributed by atoms with Crippen LogP contribution in [0.2, 0.25) is 0 Å². The lowest BCUT2D eigenvalue weighted by Gasteiger charge is -2.25. The predicted molar refractivity (Wildman–Crippen MR) is 74.9 cm³/mol. The van der Waals surface area contributed by atoms with E-state index in [0.717, 1.165) is 19.0 Å². The van der Waals surface area contributed by atoms with E-state index in [4.69, 9.17) is 0 Å². The number of phenolic OH excluding ortho intramolecular Hbond substituents is 1. The van der Waals surface area contributed by atoms with Crippen LogP contribution in [0.1, 0.15) is 38.3 Å². The van der Waals surface area contributed by atoms with Crippen molar-refractivity contribution in [3.05, 3.63) is 29.6 Å². The lowest BCUT2D eigenvalue weighted by Crippen LogP contribution is -2.40. The van der Waals surface area contributed by atoms with Gasteiger partial charge in [-0.05, 0) is 26.3 Å². The number of likely N-dealkylation sites (tertiary alicyclic amines) is 1. The average Bonchev–Trinajstić information content (AvgIpc) is 2.74. The van der Waals surface area contributed by atoms with Gasteiger partial charge in [-0.25, -0.2) is 4.39 Å². The summed E-state index contributed by atoms with van der Waals surface area (Å²) < 4.78 is 13.0. The maximum absolute atomic E-state index is 13.0. The number of nitrogens with one attached hydrogen (secondary N) is 1. The molecule has 1 amide bonds. The summed E-state index contributed by atoms with van der Waals surface area (Å²) >= 11 is 0. The zero-order valence-corrected chi connectivity index (χ0v) is 11.9. The number of nitrogens with zero attached hydrogens (tertiary/aromatic N) is 1. The van der Waals surface area contributed by atoms with Crippen molar-refractivity contribution in [2.24, 2.45) is 0 Å². The Balaban J connectivity index is 1.93. The zero-order chi connectivity index (χ0) is 14.7. The van der Waals surface area contributed by atoms with Crippen molar-refractivity contribution in [1.29, 1.82) is 0 Å². The number of benzene rings is 1. The van der Waals surface area contributed by atoms with E-state index in [1.165, 1.54) is 6.07 Å². The Bertz CT molecular complexity index is 493. The Labute approximate surface area is 118 Å². The molecule has 1 fully saturated rings. The Morgan fingerprint density at radius 1 is 1.45 bits per heavy atom. The first kappa shape index (κ1) is 14.8. The van der Waals surface area contributed by atoms with Gasteiger partial charge in [0.15, 0.2) is 0 Å². The van der Waals surface area contributed by atoms with Crippen molar-refractivity contribution in [2.45, 2.75) is 38.8 Å². The van der Waals surface area contributed by atoms with Gasteiger partial charge >= 0.3 is 0 Å². The van der Waals surface area contributed by atoms with Crippen molar-refractivity contribution >= 4 is 5.91 Å². The summed E-state index contributed by atoms with van der Waals surface area (Å²) in [6.07, 6.45) is 1.57. The molecule has 110 valence electrons. The molecule has 2 atom stereocenters. The molecule has 0 bridgehead atoms. The quantitative estimate of drug-likeness (QED) is 0.869. The summed E-state index contributed by atoms with van der Waals surface area (Å²) in [5, 5.41) is 13.1. The molecule has 0 spiro atoms. The van der Waals surface area contributed by atoms with Crippen LogP contribution in [0.25, 0.3) is 0 Å². The van der Waals surface area contributed by atoms with Crippen LogP contribution in [-0.2, 0) is 4.79 Å². The molecule has 1 saturated heterocycles. The zero-order valence-electron chi connectivity index (χ0n) is 11.9. The van der Waals surface area contributed by atoms with E-state index >= 15 is 0 Å². The van der Waals surface area contributed by atoms with E-state index in [-0.39, 0.29) is 23.7 Å². The van der Waals surface area contributed by atoms with Crippen molar-refractivity contribution < 1.29 is 14.3 Å². The smallest absolute Gasteiger partial charge is 0.222 e. The molecule has 2 unspecified atom stereocenters. The van der Waals surface area contributed by atoms with E-state index in [1.54, 1.807) is 6.07 Å². The SMILES string of the molecule is CC(CN1CCCC1=O)NC(C)c1ccc(F)cc1O. The van der Waals surface area contributed by atoms with Gasteiger partial charge in [0.2, 0.25) is 5.91 Å². The number of hydrogen-bond acceptors (Lipinski definition) is 3. The maximum atomic E-state index is 13.0. The Morgan fingerprint density at radius 2 is 2.20 bits per heavy atom. The van der Waals surface area contributed by atoms with Crippen LogP contribution in [-0.4, -0.2) is 35.0 Å². The molecule has 20 heavy (non-hydrogen) atoms. The van der Waals surface area contributed by atoms with Gasteiger partial charge in [0, 0.05) is 43.2 Å². The Kier molecular flexibility index (Phi) is 4.60. The van der Waals surface area contributed by atoms with Crippen LogP contribution in [0.5, 0.6) is 5.75 Å². The number of carbonyl (C=O) groups is 1. The second kappa shape index (κ2) is 6.22. The highest BCUT2D eigenvalue weighted by atomic mass is 19.1. The van der Waals surface area contributed by atoms with E-state index < -0.39 is 5.82 Å². The number of aromatic hydroxyl groups is 1. The van der Waals surface area contributed by atoms with Crippen molar-refractivity contribution in [1.82, 2.24) is 10.2 Å². The normalized spacial score (nSPS) is 18.4. The second-order valence-electron chi connectivity index (χ2n) is 5.44. The summed E-state index contributed by atoms with van der Waals surface area (Å²) in [7, 11) is 0. The first-order valence-corrected chi connectivity index (χ1v) is 6.99. The van der Waals surface area contributed by atoms with Gasteiger partial charge in [-0.1, -0.05) is 6.07 Å². The summed E-state index contributed by atoms with van der Waals surface area (Å²) in [5.41, 5.74) is 0.658. The van der Waals surface area contributed by atoms with Crippen LogP contribution in [0.3, 0.4) is 0 Å². The van der Waals surface area contributed by atoms with Gasteiger partial charge in [0.1, 0.15) is 11.6 Å². The van der Waals surface area contributed by atoms with Crippen molar-refractivity contribution in [3.63, 3.8) is 0 Å². The standard InChI is InChI=1S/C15H21FN2O2/c1-10(9-18-7-3-4-15(18)20)17-11(2)13-6-5-12(16)8-14(13)19/h5-6,8,10-11,17,19H,3-4,7,9H2,1-2H3. The third-order valence-electron chi connectivity index (χ3n) is 3.66. The fourth-order valence-corrected chi connectivity index (χ4v) is 2.68. The highest BCUT2D eigenvalue weighted by Gasteiger charge is 2.22. The molecule has 1 heterocycles. The first-order chi connectivity index (χ1) is 9.47. The number of halogens is 1. The average molecular weight is 280 g/mol. The molecular formula is C15H21FN2O2. The lowest BCUT2D eigenvalue weighted by molar-refractivity contribution is -0.127. The third kappa shape index (κ3) is 3.48. The van der Waals surface area contributed by atoms with Crippen molar-refractivity contribution in [3.8, 4) is 5.75 Å². The molecular weight excluding hydrogens is 259 g/mol. The van der Waals surface area contributed by atoms with Crippen LogP contribution < -0.4 is 5.32 Å². The van der Waals surface area contributed by atoms with Crippen molar-refractivity contribution in [2.75, 3.05) is 13.1 Å². The fourth-order valence-electron chi connectivity index (χ4n) is 2.68. The summed E-state index contributed by atoms with van der Waals surface area (Å²) in [6, 6.07) is 4.03. The molecule has 2 rings (SSSR count). The summed E-state index contributed by atoms with van der Waals surface area (Å²) in [5.74, 6) is -0.292. The molecule has 4 nitrogen and oxygen atoms in total. The summed E-state index contributed by atoms with van der Waals surface area (Å²) in [6.45, 7) is 5.39. The Morgan fingerprint density at radius 3 is 2.80 bits per heavy atom. The number of phenols is 1. The maximum Gasteiger partial charge on any atom is 0.222 e. The van der Waals surface area contributed by atoms with Crippen LogP contribution >= 0.6 is 0 Å². The number of carbonyl (C=O) groups excluding carboxylic acids is 1. The molecule has 5 heteroatoms. The third-order valence-corrected chi connectivity index (χ3v) is 3.66. The van der Waals surface area contributed by atoms with Gasteiger partial charge < -0.3 is 15.3 Å². The predicted octanol–water partition coefficient (Wildman–Crippen LogP) is 2.19. The molecule has 1 aromatic carbocycles. The van der Waals surface area contributed by atoms with E-state index in [0.29, 0.717) is 18.5 Å². The highest BCUT2D eigenvalue weighted by Crippen LogP contribution is 2.25. The molecule has 0 radical (unpaired) electrons. The molecule has 1 aliphatic heterocycles. The molecule has 0 aliphatic carbocycles. The van der Waals surface area contributed by atoms with E-state index in [1.807, 2.05) is 18.7 Å². The van der Waals surface area contributed by atoms with Crippen LogP contribution in [0, 0.1) is 5.82 Å². The minimum Gasteiger partial charge on any atom is -0.508 e. The summed E-state index contributed by atoms with van der Waals surface area (Å²) in [4.78, 5) is 13.4. The number of hydrogen-bond donors (Lipinski definition) is 2. The van der Waals surface area contributed by atoms with E-state index in [2.05, 4.69) is 5.32 Å². The van der Waals surface area contributed by atoms with Gasteiger partial charge in [-0.3, -0.25) is 4.79 Å². The van der Waals surface area contributed by atoms with Gasteiger partial charge in [0.25, 0.3) is 0 Å². The second-order valence-corrected chi connectivity index (χ2v) is 5.44. The first-order valence-electron chi connectivity index (χ1n) is 6.99. The fraction of sp³-hybridized carbons (Fsp3) is 0.533. The highest BCUT2D eigenvalue weighted by molar-refractivity contribution is 5.78. The molecule has 0 aromatic heterocycles. The topological polar surface area (TPSA) is 52.6 Å². The van der Waals surface area contributed by atoms with E-state index in [9.17, 15) is 14.3 Å². The molecule has 1 aliphatic rings. The minimum atomic E-state index is -0.450. The number of rotatable bonds is 5. The van der Waals surface area contributed by atoms with Crippen LogP contribution in [0.15, 0.2) is 18.2 Å².